The van der Waals surface area contributed by atoms with Crippen LogP contribution in [0.4, 0.5) is 11.5 Å². The third-order valence-corrected chi connectivity index (χ3v) is 1.71. The third-order valence-electron chi connectivity index (χ3n) is 1.71. The monoisotopic (exact) mass is 165 g/mol. The Bertz CT molecular complexity index is 340. The van der Waals surface area contributed by atoms with E-state index in [1.165, 1.54) is 0 Å². The van der Waals surface area contributed by atoms with Gasteiger partial charge in [0.2, 0.25) is 5.91 Å². The van der Waals surface area contributed by atoms with Crippen molar-refractivity contribution in [3.8, 4) is 0 Å². The minimum Gasteiger partial charge on any atom is -0.359 e. The van der Waals surface area contributed by atoms with Crippen molar-refractivity contribution in [3.63, 3.8) is 0 Å². The molecule has 0 atom stereocenters. The maximum Gasteiger partial charge on any atom is 0.243 e. The van der Waals surface area contributed by atoms with E-state index >= 15 is 0 Å². The molecule has 0 unspecified atom stereocenters. The van der Waals surface area contributed by atoms with Gasteiger partial charge in [0.25, 0.3) is 0 Å². The van der Waals surface area contributed by atoms with E-state index in [9.17, 15) is 4.79 Å². The molecule has 0 fully saturated rings. The quantitative estimate of drug-likeness (QED) is 0.603. The normalized spacial score (nSPS) is 14.6. The molecule has 4 nitrogen and oxygen atoms in total. The smallest absolute Gasteiger partial charge is 0.243 e. The lowest BCUT2D eigenvalue weighted by Gasteiger charge is -2.17. The summed E-state index contributed by atoms with van der Waals surface area (Å²) in [6.07, 6.45) is 1.77. The lowest BCUT2D eigenvalue weighted by Crippen LogP contribution is -2.27. The van der Waals surface area contributed by atoms with Gasteiger partial charge < -0.3 is 10.6 Å². The Morgan fingerprint density at radius 3 is 3.33 bits per heavy atom. The van der Waals surface area contributed by atoms with Crippen LogP contribution in [0.2, 0.25) is 0 Å². The largest absolute Gasteiger partial charge is 0.359 e. The Morgan fingerprint density at radius 1 is 1.67 bits per heavy atom. The first-order valence-electron chi connectivity index (χ1n) is 3.76. The molecule has 2 N–H and O–H groups in total. The SMILES string of the molecule is Cc1cnc2c(c1)NC(=O)CN2.[HH]. The zero-order valence-electron chi connectivity index (χ0n) is 6.72. The fraction of sp³-hybridized carbons (Fsp3) is 0.250. The van der Waals surface area contributed by atoms with Crippen molar-refractivity contribution in [3.05, 3.63) is 17.8 Å². The van der Waals surface area contributed by atoms with E-state index < -0.39 is 0 Å². The van der Waals surface area contributed by atoms with Gasteiger partial charge >= 0.3 is 0 Å². The van der Waals surface area contributed by atoms with Crippen molar-refractivity contribution in [2.45, 2.75) is 6.92 Å². The highest BCUT2D eigenvalue weighted by Gasteiger charge is 2.13. The molecule has 2 rings (SSSR count). The van der Waals surface area contributed by atoms with Crippen LogP contribution in [0.3, 0.4) is 0 Å². The van der Waals surface area contributed by atoms with Crippen LogP contribution in [-0.4, -0.2) is 17.4 Å². The van der Waals surface area contributed by atoms with Crippen LogP contribution in [0, 0.1) is 6.92 Å². The molecule has 1 aliphatic heterocycles. The summed E-state index contributed by atoms with van der Waals surface area (Å²) >= 11 is 0. The fourth-order valence-corrected chi connectivity index (χ4v) is 1.16. The highest BCUT2D eigenvalue weighted by Crippen LogP contribution is 2.21. The average Bonchev–Trinajstić information content (AvgIpc) is 2.03. The van der Waals surface area contributed by atoms with Crippen LogP contribution >= 0.6 is 0 Å². The Kier molecular flexibility index (Phi) is 1.46. The summed E-state index contributed by atoms with van der Waals surface area (Å²) in [7, 11) is 0. The number of hydrogen-bond donors (Lipinski definition) is 2. The first kappa shape index (κ1) is 7.09. The fourth-order valence-electron chi connectivity index (χ4n) is 1.16. The number of carbonyl (C=O) groups excluding carboxylic acids is 1. The number of aromatic nitrogens is 1. The van der Waals surface area contributed by atoms with E-state index in [2.05, 4.69) is 15.6 Å². The van der Waals surface area contributed by atoms with Crippen molar-refractivity contribution in [2.24, 2.45) is 0 Å². The van der Waals surface area contributed by atoms with Gasteiger partial charge in [0.1, 0.15) is 5.82 Å². The molecule has 1 aromatic heterocycles. The number of aryl methyl sites for hydroxylation is 1. The lowest BCUT2D eigenvalue weighted by atomic mass is 10.2. The van der Waals surface area contributed by atoms with Gasteiger partial charge in [-0.3, -0.25) is 4.79 Å². The first-order valence-corrected chi connectivity index (χ1v) is 3.76. The Balaban J connectivity index is 0.000000845. The Morgan fingerprint density at radius 2 is 2.50 bits per heavy atom. The number of nitrogens with zero attached hydrogens (tertiary/aromatic N) is 1. The molecule has 0 aliphatic carbocycles. The topological polar surface area (TPSA) is 54.0 Å². The second-order valence-electron chi connectivity index (χ2n) is 2.81. The van der Waals surface area contributed by atoms with Crippen LogP contribution in [-0.2, 0) is 4.79 Å². The van der Waals surface area contributed by atoms with E-state index in [1.54, 1.807) is 6.20 Å². The number of anilines is 2. The summed E-state index contributed by atoms with van der Waals surface area (Å²) in [5.74, 6) is 0.732. The van der Waals surface area contributed by atoms with Gasteiger partial charge in [-0.25, -0.2) is 4.98 Å². The van der Waals surface area contributed by atoms with Crippen molar-refractivity contribution in [2.75, 3.05) is 17.2 Å². The molecule has 0 bridgehead atoms. The molecule has 0 saturated carbocycles. The van der Waals surface area contributed by atoms with Crippen LogP contribution in [0.15, 0.2) is 12.3 Å². The van der Waals surface area contributed by atoms with Crippen LogP contribution < -0.4 is 10.6 Å². The molecule has 1 aliphatic rings. The standard InChI is InChI=1S/C8H9N3O.H2/c1-5-2-6-8(9-3-5)10-4-7(12)11-6;/h2-3H,4H2,1H3,(H,9,10)(H,11,12);1H. The van der Waals surface area contributed by atoms with Gasteiger partial charge in [0.15, 0.2) is 0 Å². The van der Waals surface area contributed by atoms with Gasteiger partial charge in [-0.05, 0) is 18.6 Å². The number of fused-ring (bicyclic) bond motifs is 1. The first-order chi connectivity index (χ1) is 5.75. The molecule has 1 amide bonds. The molecular weight excluding hydrogens is 154 g/mol. The van der Waals surface area contributed by atoms with E-state index in [1.807, 2.05) is 13.0 Å². The van der Waals surface area contributed by atoms with Crippen LogP contribution in [0.5, 0.6) is 0 Å². The molecule has 0 aromatic carbocycles. The molecule has 0 spiro atoms. The highest BCUT2D eigenvalue weighted by atomic mass is 16.2. The number of hydrogen-bond acceptors (Lipinski definition) is 3. The van der Waals surface area contributed by atoms with E-state index in [0.717, 1.165) is 17.1 Å². The molecule has 4 heteroatoms. The van der Waals surface area contributed by atoms with E-state index in [0.29, 0.717) is 6.54 Å². The number of amides is 1. The number of pyridine rings is 1. The van der Waals surface area contributed by atoms with Gasteiger partial charge in [-0.1, -0.05) is 0 Å². The number of nitrogens with one attached hydrogen (secondary N) is 2. The van der Waals surface area contributed by atoms with E-state index in [4.69, 9.17) is 0 Å². The maximum atomic E-state index is 10.9. The molecule has 1 aromatic rings. The predicted octanol–water partition coefficient (Wildman–Crippen LogP) is 1.00. The molecule has 2 heterocycles. The lowest BCUT2D eigenvalue weighted by molar-refractivity contribution is -0.114. The summed E-state index contributed by atoms with van der Waals surface area (Å²) in [6, 6.07) is 1.90. The summed E-state index contributed by atoms with van der Waals surface area (Å²) < 4.78 is 0. The third kappa shape index (κ3) is 1.11. The molecule has 0 saturated heterocycles. The number of rotatable bonds is 0. The maximum absolute atomic E-state index is 10.9. The van der Waals surface area contributed by atoms with E-state index in [-0.39, 0.29) is 7.33 Å². The summed E-state index contributed by atoms with van der Waals surface area (Å²) in [6.45, 7) is 2.25. The van der Waals surface area contributed by atoms with Crippen LogP contribution in [0.1, 0.15) is 6.99 Å². The van der Waals surface area contributed by atoms with Gasteiger partial charge in [-0.2, -0.15) is 0 Å². The molecule has 0 radical (unpaired) electrons. The molecule has 64 valence electrons. The Hall–Kier alpha value is -1.58. The predicted molar refractivity (Wildman–Crippen MR) is 48.2 cm³/mol. The van der Waals surface area contributed by atoms with Crippen LogP contribution in [0.25, 0.3) is 0 Å². The summed E-state index contributed by atoms with van der Waals surface area (Å²) in [4.78, 5) is 15.1. The second-order valence-corrected chi connectivity index (χ2v) is 2.81. The summed E-state index contributed by atoms with van der Waals surface area (Å²) in [5.41, 5.74) is 1.81. The minimum atomic E-state index is -0.0186. The second kappa shape index (κ2) is 2.48. The molecular formula is C8H11N3O. The van der Waals surface area contributed by atoms with Crippen molar-refractivity contribution < 1.29 is 6.22 Å². The highest BCUT2D eigenvalue weighted by molar-refractivity contribution is 5.99. The molecule has 12 heavy (non-hydrogen) atoms. The van der Waals surface area contributed by atoms with Gasteiger partial charge in [0.05, 0.1) is 12.2 Å². The Labute approximate surface area is 71.5 Å². The van der Waals surface area contributed by atoms with Crippen molar-refractivity contribution in [1.29, 1.82) is 0 Å². The van der Waals surface area contributed by atoms with Crippen molar-refractivity contribution >= 4 is 17.4 Å². The zero-order valence-corrected chi connectivity index (χ0v) is 6.72. The zero-order chi connectivity index (χ0) is 8.55. The minimum absolute atomic E-state index is 0. The van der Waals surface area contributed by atoms with Gasteiger partial charge in [-0.15, -0.1) is 0 Å². The van der Waals surface area contributed by atoms with Gasteiger partial charge in [0, 0.05) is 7.62 Å². The number of carbonyl (C=O) groups is 1. The van der Waals surface area contributed by atoms with Crippen molar-refractivity contribution in [1.82, 2.24) is 4.98 Å². The average molecular weight is 165 g/mol. The summed E-state index contributed by atoms with van der Waals surface area (Å²) in [5, 5.41) is 5.65.